The van der Waals surface area contributed by atoms with Crippen molar-refractivity contribution in [2.75, 3.05) is 25.0 Å². The highest BCUT2D eigenvalue weighted by Gasteiger charge is 2.10. The predicted molar refractivity (Wildman–Crippen MR) is 70.4 cm³/mol. The second-order valence-electron chi connectivity index (χ2n) is 3.91. The van der Waals surface area contributed by atoms with Crippen molar-refractivity contribution < 1.29 is 9.21 Å². The van der Waals surface area contributed by atoms with Gasteiger partial charge in [0.2, 0.25) is 5.91 Å². The van der Waals surface area contributed by atoms with Crippen molar-refractivity contribution in [3.63, 3.8) is 0 Å². The van der Waals surface area contributed by atoms with Gasteiger partial charge in [-0.1, -0.05) is 0 Å². The first-order valence-corrected chi connectivity index (χ1v) is 6.10. The quantitative estimate of drug-likeness (QED) is 0.879. The van der Waals surface area contributed by atoms with Gasteiger partial charge in [0.15, 0.2) is 0 Å². The first-order chi connectivity index (χ1) is 8.76. The van der Waals surface area contributed by atoms with E-state index in [4.69, 9.17) is 4.42 Å². The van der Waals surface area contributed by atoms with Crippen LogP contribution in [0.3, 0.4) is 0 Å². The molecule has 18 heavy (non-hydrogen) atoms. The summed E-state index contributed by atoms with van der Waals surface area (Å²) in [6.07, 6.45) is 3.28. The maximum absolute atomic E-state index is 11.9. The molecule has 0 unspecified atom stereocenters. The molecule has 1 N–H and O–H groups in total. The SMILES string of the molecule is CCN(CC)C(=O)CNc1nccc2occc12. The monoisotopic (exact) mass is 247 g/mol. The van der Waals surface area contributed by atoms with Gasteiger partial charge in [-0.3, -0.25) is 4.79 Å². The lowest BCUT2D eigenvalue weighted by Crippen LogP contribution is -2.35. The molecular weight excluding hydrogens is 230 g/mol. The highest BCUT2D eigenvalue weighted by molar-refractivity contribution is 5.90. The summed E-state index contributed by atoms with van der Waals surface area (Å²) in [5.74, 6) is 0.754. The van der Waals surface area contributed by atoms with Gasteiger partial charge in [0.25, 0.3) is 0 Å². The molecule has 0 aliphatic heterocycles. The molecule has 0 bridgehead atoms. The van der Waals surface area contributed by atoms with Crippen molar-refractivity contribution in [2.45, 2.75) is 13.8 Å². The Morgan fingerprint density at radius 2 is 2.17 bits per heavy atom. The number of amides is 1. The lowest BCUT2D eigenvalue weighted by Gasteiger charge is -2.18. The van der Waals surface area contributed by atoms with Crippen LogP contribution in [0.4, 0.5) is 5.82 Å². The molecule has 0 saturated heterocycles. The van der Waals surface area contributed by atoms with Crippen molar-refractivity contribution >= 4 is 22.7 Å². The Hall–Kier alpha value is -2.04. The molecule has 0 atom stereocenters. The van der Waals surface area contributed by atoms with E-state index in [1.807, 2.05) is 19.9 Å². The van der Waals surface area contributed by atoms with Gasteiger partial charge in [-0.2, -0.15) is 0 Å². The third-order valence-electron chi connectivity index (χ3n) is 2.90. The average molecular weight is 247 g/mol. The van der Waals surface area contributed by atoms with E-state index in [1.54, 1.807) is 23.4 Å². The zero-order valence-electron chi connectivity index (χ0n) is 10.6. The van der Waals surface area contributed by atoms with E-state index in [0.29, 0.717) is 5.82 Å². The Balaban J connectivity index is 2.06. The van der Waals surface area contributed by atoms with E-state index in [2.05, 4.69) is 10.3 Å². The number of aromatic nitrogens is 1. The van der Waals surface area contributed by atoms with Crippen molar-refractivity contribution in [1.29, 1.82) is 0 Å². The normalized spacial score (nSPS) is 10.6. The standard InChI is InChI=1S/C13H17N3O2/c1-3-16(4-2)12(17)9-15-13-10-6-8-18-11(10)5-7-14-13/h5-8H,3-4,9H2,1-2H3,(H,14,15). The number of likely N-dealkylation sites (N-methyl/N-ethyl adjacent to an activating group) is 1. The Bertz CT molecular complexity index is 532. The first-order valence-electron chi connectivity index (χ1n) is 6.10. The van der Waals surface area contributed by atoms with Crippen LogP contribution in [0.5, 0.6) is 0 Å². The van der Waals surface area contributed by atoms with Crippen LogP contribution in [0.2, 0.25) is 0 Å². The second kappa shape index (κ2) is 5.53. The van der Waals surface area contributed by atoms with Crippen LogP contribution < -0.4 is 5.32 Å². The molecule has 2 aromatic heterocycles. The summed E-state index contributed by atoms with van der Waals surface area (Å²) >= 11 is 0. The number of hydrogen-bond acceptors (Lipinski definition) is 4. The van der Waals surface area contributed by atoms with Crippen LogP contribution in [0.25, 0.3) is 11.0 Å². The average Bonchev–Trinajstić information content (AvgIpc) is 2.86. The number of furan rings is 1. The van der Waals surface area contributed by atoms with Gasteiger partial charge >= 0.3 is 0 Å². The largest absolute Gasteiger partial charge is 0.464 e. The van der Waals surface area contributed by atoms with Crippen LogP contribution in [-0.4, -0.2) is 35.4 Å². The fourth-order valence-electron chi connectivity index (χ4n) is 1.88. The third-order valence-corrected chi connectivity index (χ3v) is 2.90. The van der Waals surface area contributed by atoms with E-state index in [-0.39, 0.29) is 12.5 Å². The number of rotatable bonds is 5. The predicted octanol–water partition coefficient (Wildman–Crippen LogP) is 2.11. The molecular formula is C13H17N3O2. The lowest BCUT2D eigenvalue weighted by molar-refractivity contribution is -0.128. The molecule has 0 aliphatic rings. The zero-order chi connectivity index (χ0) is 13.0. The fraction of sp³-hybridized carbons (Fsp3) is 0.385. The third kappa shape index (κ3) is 2.45. The maximum Gasteiger partial charge on any atom is 0.241 e. The van der Waals surface area contributed by atoms with Crippen molar-refractivity contribution in [3.8, 4) is 0 Å². The number of fused-ring (bicyclic) bond motifs is 1. The Kier molecular flexibility index (Phi) is 3.82. The molecule has 0 fully saturated rings. The fourth-order valence-corrected chi connectivity index (χ4v) is 1.88. The summed E-state index contributed by atoms with van der Waals surface area (Å²) in [5.41, 5.74) is 0.766. The maximum atomic E-state index is 11.9. The summed E-state index contributed by atoms with van der Waals surface area (Å²) in [7, 11) is 0. The van der Waals surface area contributed by atoms with Gasteiger partial charge in [-0.05, 0) is 26.0 Å². The summed E-state index contributed by atoms with van der Waals surface area (Å²) in [6, 6.07) is 3.64. The molecule has 2 rings (SSSR count). The van der Waals surface area contributed by atoms with Crippen LogP contribution in [-0.2, 0) is 4.79 Å². The molecule has 1 amide bonds. The van der Waals surface area contributed by atoms with E-state index >= 15 is 0 Å². The number of hydrogen-bond donors (Lipinski definition) is 1. The van der Waals surface area contributed by atoms with Gasteiger partial charge in [-0.15, -0.1) is 0 Å². The van der Waals surface area contributed by atoms with E-state index in [1.165, 1.54) is 0 Å². The minimum absolute atomic E-state index is 0.0716. The number of carbonyl (C=O) groups excluding carboxylic acids is 1. The summed E-state index contributed by atoms with van der Waals surface area (Å²) in [5, 5.41) is 3.95. The van der Waals surface area contributed by atoms with Crippen LogP contribution in [0.15, 0.2) is 29.0 Å². The number of nitrogens with one attached hydrogen (secondary N) is 1. The van der Waals surface area contributed by atoms with Crippen molar-refractivity contribution in [3.05, 3.63) is 24.6 Å². The minimum Gasteiger partial charge on any atom is -0.464 e. The molecule has 0 aliphatic carbocycles. The van der Waals surface area contributed by atoms with Crippen LogP contribution in [0, 0.1) is 0 Å². The van der Waals surface area contributed by atoms with Gasteiger partial charge < -0.3 is 14.6 Å². The van der Waals surface area contributed by atoms with E-state index in [0.717, 1.165) is 24.1 Å². The number of anilines is 1. The van der Waals surface area contributed by atoms with Gasteiger partial charge in [-0.25, -0.2) is 4.98 Å². The molecule has 2 aromatic rings. The molecule has 0 saturated carbocycles. The molecule has 5 nitrogen and oxygen atoms in total. The van der Waals surface area contributed by atoms with Gasteiger partial charge in [0.05, 0.1) is 18.2 Å². The van der Waals surface area contributed by atoms with E-state index in [9.17, 15) is 4.79 Å². The Labute approximate surface area is 106 Å². The summed E-state index contributed by atoms with van der Waals surface area (Å²) in [4.78, 5) is 17.9. The molecule has 5 heteroatoms. The summed E-state index contributed by atoms with van der Waals surface area (Å²) in [6.45, 7) is 5.63. The van der Waals surface area contributed by atoms with Crippen LogP contribution >= 0.6 is 0 Å². The molecule has 0 aromatic carbocycles. The second-order valence-corrected chi connectivity index (χ2v) is 3.91. The van der Waals surface area contributed by atoms with Crippen molar-refractivity contribution in [2.24, 2.45) is 0 Å². The first kappa shape index (κ1) is 12.4. The Morgan fingerprint density at radius 3 is 2.89 bits per heavy atom. The lowest BCUT2D eigenvalue weighted by atomic mass is 10.3. The topological polar surface area (TPSA) is 58.4 Å². The number of carbonyl (C=O) groups is 1. The molecule has 0 radical (unpaired) electrons. The number of pyridine rings is 1. The van der Waals surface area contributed by atoms with Crippen molar-refractivity contribution in [1.82, 2.24) is 9.88 Å². The minimum atomic E-state index is 0.0716. The highest BCUT2D eigenvalue weighted by atomic mass is 16.3. The van der Waals surface area contributed by atoms with Crippen LogP contribution in [0.1, 0.15) is 13.8 Å². The molecule has 0 spiro atoms. The molecule has 96 valence electrons. The molecule has 2 heterocycles. The summed E-state index contributed by atoms with van der Waals surface area (Å²) < 4.78 is 5.28. The van der Waals surface area contributed by atoms with Gasteiger partial charge in [0, 0.05) is 19.3 Å². The Morgan fingerprint density at radius 1 is 1.39 bits per heavy atom. The zero-order valence-corrected chi connectivity index (χ0v) is 10.6. The highest BCUT2D eigenvalue weighted by Crippen LogP contribution is 2.21. The van der Waals surface area contributed by atoms with Gasteiger partial charge in [0.1, 0.15) is 11.4 Å². The van der Waals surface area contributed by atoms with E-state index < -0.39 is 0 Å². The number of nitrogens with zero attached hydrogens (tertiary/aromatic N) is 2. The smallest absolute Gasteiger partial charge is 0.241 e.